The summed E-state index contributed by atoms with van der Waals surface area (Å²) < 4.78 is 2.22. The number of rotatable bonds is 5. The smallest absolute Gasteiger partial charge is 0.307 e. The van der Waals surface area contributed by atoms with Crippen LogP contribution in [0.25, 0.3) is 10.9 Å². The molecule has 19 heavy (non-hydrogen) atoms. The molecule has 0 aliphatic carbocycles. The van der Waals surface area contributed by atoms with Gasteiger partial charge in [0.15, 0.2) is 0 Å². The Labute approximate surface area is 113 Å². The SMILES string of the molecule is CCCCn1cc(CC(=O)O)c2c(C)ccc(C)c21. The highest BCUT2D eigenvalue weighted by molar-refractivity contribution is 5.92. The van der Waals surface area contributed by atoms with E-state index in [4.69, 9.17) is 5.11 Å². The minimum Gasteiger partial charge on any atom is -0.481 e. The standard InChI is InChI=1S/C16H21NO2/c1-4-5-8-17-10-13(9-14(18)19)15-11(2)6-7-12(3)16(15)17/h6-7,10H,4-5,8-9H2,1-3H3,(H,18,19). The van der Waals surface area contributed by atoms with Gasteiger partial charge in [-0.3, -0.25) is 4.79 Å². The normalized spacial score (nSPS) is 11.1. The molecule has 0 aliphatic rings. The number of nitrogens with zero attached hydrogens (tertiary/aromatic N) is 1. The lowest BCUT2D eigenvalue weighted by Crippen LogP contribution is -1.99. The number of unbranched alkanes of at least 4 members (excludes halogenated alkanes) is 1. The maximum Gasteiger partial charge on any atom is 0.307 e. The van der Waals surface area contributed by atoms with Crippen molar-refractivity contribution in [2.24, 2.45) is 0 Å². The summed E-state index contributed by atoms with van der Waals surface area (Å²) >= 11 is 0. The number of aliphatic carboxylic acids is 1. The van der Waals surface area contributed by atoms with Gasteiger partial charge in [0, 0.05) is 18.1 Å². The Bertz CT molecular complexity index is 611. The molecule has 1 aromatic carbocycles. The van der Waals surface area contributed by atoms with E-state index in [1.54, 1.807) is 0 Å². The minimum absolute atomic E-state index is 0.0971. The topological polar surface area (TPSA) is 42.2 Å². The fourth-order valence-corrected chi connectivity index (χ4v) is 2.69. The van der Waals surface area contributed by atoms with Crippen LogP contribution >= 0.6 is 0 Å². The maximum absolute atomic E-state index is 11.0. The molecule has 1 heterocycles. The number of carboxylic acids is 1. The lowest BCUT2D eigenvalue weighted by molar-refractivity contribution is -0.136. The van der Waals surface area contributed by atoms with Crippen LogP contribution in [0.4, 0.5) is 0 Å². The van der Waals surface area contributed by atoms with E-state index in [0.29, 0.717) is 0 Å². The third-order valence-electron chi connectivity index (χ3n) is 3.60. The van der Waals surface area contributed by atoms with E-state index >= 15 is 0 Å². The highest BCUT2D eigenvalue weighted by Gasteiger charge is 2.14. The summed E-state index contributed by atoms with van der Waals surface area (Å²) in [6.07, 6.45) is 4.37. The van der Waals surface area contributed by atoms with Gasteiger partial charge in [-0.05, 0) is 37.0 Å². The van der Waals surface area contributed by atoms with E-state index in [1.165, 1.54) is 11.1 Å². The Morgan fingerprint density at radius 2 is 1.95 bits per heavy atom. The number of hydrogen-bond donors (Lipinski definition) is 1. The van der Waals surface area contributed by atoms with E-state index in [2.05, 4.69) is 37.5 Å². The summed E-state index contributed by atoms with van der Waals surface area (Å²) in [6.45, 7) is 7.27. The van der Waals surface area contributed by atoms with Gasteiger partial charge in [0.1, 0.15) is 0 Å². The van der Waals surface area contributed by atoms with Gasteiger partial charge in [-0.25, -0.2) is 0 Å². The fraction of sp³-hybridized carbons (Fsp3) is 0.438. The van der Waals surface area contributed by atoms with Crippen molar-refractivity contribution in [2.45, 2.75) is 46.6 Å². The molecule has 0 saturated heterocycles. The Balaban J connectivity index is 2.62. The highest BCUT2D eigenvalue weighted by atomic mass is 16.4. The van der Waals surface area contributed by atoms with Crippen LogP contribution in [-0.2, 0) is 17.8 Å². The summed E-state index contributed by atoms with van der Waals surface area (Å²) in [5.41, 5.74) is 4.50. The maximum atomic E-state index is 11.0. The molecule has 0 spiro atoms. The molecule has 0 aliphatic heterocycles. The number of fused-ring (bicyclic) bond motifs is 1. The molecular formula is C16H21NO2. The molecule has 2 aromatic rings. The molecule has 1 aromatic heterocycles. The van der Waals surface area contributed by atoms with Gasteiger partial charge >= 0.3 is 5.97 Å². The zero-order valence-corrected chi connectivity index (χ0v) is 11.9. The summed E-state index contributed by atoms with van der Waals surface area (Å²) in [5.74, 6) is -0.768. The number of carbonyl (C=O) groups is 1. The molecule has 3 heteroatoms. The molecule has 0 radical (unpaired) electrons. The number of hydrogen-bond acceptors (Lipinski definition) is 1. The number of carboxylic acid groups (broad SMARTS) is 1. The first-order valence-corrected chi connectivity index (χ1v) is 6.84. The molecule has 2 rings (SSSR count). The Morgan fingerprint density at radius 1 is 1.26 bits per heavy atom. The molecular weight excluding hydrogens is 238 g/mol. The third kappa shape index (κ3) is 2.65. The van der Waals surface area contributed by atoms with Gasteiger partial charge in [-0.2, -0.15) is 0 Å². The molecule has 1 N–H and O–H groups in total. The monoisotopic (exact) mass is 259 g/mol. The van der Waals surface area contributed by atoms with E-state index in [-0.39, 0.29) is 6.42 Å². The second kappa shape index (κ2) is 5.47. The van der Waals surface area contributed by atoms with E-state index < -0.39 is 5.97 Å². The lowest BCUT2D eigenvalue weighted by atomic mass is 10.0. The zero-order chi connectivity index (χ0) is 14.0. The van der Waals surface area contributed by atoms with Crippen LogP contribution in [0.3, 0.4) is 0 Å². The van der Waals surface area contributed by atoms with Crippen LogP contribution in [0.15, 0.2) is 18.3 Å². The minimum atomic E-state index is -0.768. The van der Waals surface area contributed by atoms with Crippen LogP contribution in [0.2, 0.25) is 0 Å². The fourth-order valence-electron chi connectivity index (χ4n) is 2.69. The van der Waals surface area contributed by atoms with Gasteiger partial charge < -0.3 is 9.67 Å². The van der Waals surface area contributed by atoms with Crippen molar-refractivity contribution in [3.05, 3.63) is 35.0 Å². The van der Waals surface area contributed by atoms with Crippen molar-refractivity contribution in [1.82, 2.24) is 4.57 Å². The Hall–Kier alpha value is -1.77. The third-order valence-corrected chi connectivity index (χ3v) is 3.60. The van der Waals surface area contributed by atoms with Crippen molar-refractivity contribution < 1.29 is 9.90 Å². The van der Waals surface area contributed by atoms with Crippen LogP contribution in [0.5, 0.6) is 0 Å². The van der Waals surface area contributed by atoms with Crippen LogP contribution in [0, 0.1) is 13.8 Å². The Morgan fingerprint density at radius 3 is 2.58 bits per heavy atom. The van der Waals surface area contributed by atoms with Gasteiger partial charge in [-0.1, -0.05) is 25.5 Å². The molecule has 3 nitrogen and oxygen atoms in total. The highest BCUT2D eigenvalue weighted by Crippen LogP contribution is 2.28. The second-order valence-electron chi connectivity index (χ2n) is 5.19. The van der Waals surface area contributed by atoms with E-state index in [1.807, 2.05) is 6.20 Å². The first-order chi connectivity index (χ1) is 9.04. The van der Waals surface area contributed by atoms with Crippen LogP contribution in [0.1, 0.15) is 36.5 Å². The van der Waals surface area contributed by atoms with Gasteiger partial charge in [-0.15, -0.1) is 0 Å². The summed E-state index contributed by atoms with van der Waals surface area (Å²) in [6, 6.07) is 4.19. The summed E-state index contributed by atoms with van der Waals surface area (Å²) in [7, 11) is 0. The zero-order valence-electron chi connectivity index (χ0n) is 11.9. The Kier molecular flexibility index (Phi) is 3.93. The van der Waals surface area contributed by atoms with Gasteiger partial charge in [0.2, 0.25) is 0 Å². The van der Waals surface area contributed by atoms with Crippen molar-refractivity contribution in [3.63, 3.8) is 0 Å². The first-order valence-electron chi connectivity index (χ1n) is 6.84. The van der Waals surface area contributed by atoms with Crippen molar-refractivity contribution in [3.8, 4) is 0 Å². The second-order valence-corrected chi connectivity index (χ2v) is 5.19. The average Bonchev–Trinajstić information content (AvgIpc) is 2.70. The predicted molar refractivity (Wildman–Crippen MR) is 77.7 cm³/mol. The lowest BCUT2D eigenvalue weighted by Gasteiger charge is -2.07. The van der Waals surface area contributed by atoms with E-state index in [0.717, 1.165) is 35.9 Å². The van der Waals surface area contributed by atoms with Crippen LogP contribution in [-0.4, -0.2) is 15.6 Å². The van der Waals surface area contributed by atoms with Crippen LogP contribution < -0.4 is 0 Å². The van der Waals surface area contributed by atoms with Crippen molar-refractivity contribution in [2.75, 3.05) is 0 Å². The molecule has 0 bridgehead atoms. The average molecular weight is 259 g/mol. The summed E-state index contributed by atoms with van der Waals surface area (Å²) in [5, 5.41) is 10.2. The largest absolute Gasteiger partial charge is 0.481 e. The van der Waals surface area contributed by atoms with Crippen molar-refractivity contribution >= 4 is 16.9 Å². The molecule has 0 fully saturated rings. The number of aromatic nitrogens is 1. The van der Waals surface area contributed by atoms with Gasteiger partial charge in [0.05, 0.1) is 11.9 Å². The summed E-state index contributed by atoms with van der Waals surface area (Å²) in [4.78, 5) is 11.0. The molecule has 0 saturated carbocycles. The molecule has 102 valence electrons. The number of benzene rings is 1. The molecule has 0 unspecified atom stereocenters. The molecule has 0 atom stereocenters. The molecule has 0 amide bonds. The van der Waals surface area contributed by atoms with E-state index in [9.17, 15) is 4.79 Å². The first kappa shape index (κ1) is 13.7. The van der Waals surface area contributed by atoms with Gasteiger partial charge in [0.25, 0.3) is 0 Å². The predicted octanol–water partition coefficient (Wildman–Crippen LogP) is 3.69. The van der Waals surface area contributed by atoms with Crippen molar-refractivity contribution in [1.29, 1.82) is 0 Å². The number of aryl methyl sites for hydroxylation is 3. The quantitative estimate of drug-likeness (QED) is 0.890.